The van der Waals surface area contributed by atoms with E-state index in [1.54, 1.807) is 0 Å². The van der Waals surface area contributed by atoms with E-state index in [9.17, 15) is 4.79 Å². The summed E-state index contributed by atoms with van der Waals surface area (Å²) in [5, 5.41) is 3.37. The fourth-order valence-electron chi connectivity index (χ4n) is 4.63. The molecule has 1 N–H and O–H groups in total. The van der Waals surface area contributed by atoms with Gasteiger partial charge < -0.3 is 15.1 Å². The van der Waals surface area contributed by atoms with Crippen molar-refractivity contribution in [3.63, 3.8) is 0 Å². The first kappa shape index (κ1) is 16.9. The van der Waals surface area contributed by atoms with Crippen molar-refractivity contribution in [3.8, 4) is 0 Å². The van der Waals surface area contributed by atoms with Gasteiger partial charge in [-0.3, -0.25) is 0 Å². The molecule has 136 valence electrons. The first-order chi connectivity index (χ1) is 12.3. The molecule has 2 heterocycles. The summed E-state index contributed by atoms with van der Waals surface area (Å²) in [4.78, 5) is 17.7. The lowest BCUT2D eigenvalue weighted by Crippen LogP contribution is -2.51. The fraction of sp³-hybridized carbons (Fsp3) is 0.667. The van der Waals surface area contributed by atoms with E-state index in [1.165, 1.54) is 44.2 Å². The lowest BCUT2D eigenvalue weighted by atomic mass is 9.85. The van der Waals surface area contributed by atoms with Gasteiger partial charge in [0.2, 0.25) is 0 Å². The molecule has 2 aliphatic heterocycles. The van der Waals surface area contributed by atoms with Crippen LogP contribution in [0, 0.1) is 5.92 Å². The minimum Gasteiger partial charge on any atom is -0.335 e. The van der Waals surface area contributed by atoms with Gasteiger partial charge in [0.15, 0.2) is 0 Å². The number of fused-ring (bicyclic) bond motifs is 1. The van der Waals surface area contributed by atoms with Gasteiger partial charge in [0.25, 0.3) is 0 Å². The molecule has 0 radical (unpaired) electrons. The van der Waals surface area contributed by atoms with Crippen LogP contribution in [0.1, 0.15) is 50.5 Å². The number of hydrogen-bond donors (Lipinski definition) is 1. The van der Waals surface area contributed by atoms with Crippen molar-refractivity contribution in [2.75, 3.05) is 19.6 Å². The summed E-state index contributed by atoms with van der Waals surface area (Å²) in [5.74, 6) is 0.700. The molecule has 2 atom stereocenters. The molecule has 2 amide bonds. The topological polar surface area (TPSA) is 35.6 Å². The standard InChI is InChI=1S/C21H31N3O/c25-21(22-19-11-13-23-12-5-10-20(23)14-19)24(16-18-8-4-9-18)15-17-6-2-1-3-7-17/h1-3,6-7,18-20H,4-5,8-16H2,(H,22,25). The second-order valence-electron chi connectivity index (χ2n) is 8.17. The van der Waals surface area contributed by atoms with Gasteiger partial charge in [0.05, 0.1) is 0 Å². The molecule has 1 aromatic carbocycles. The highest BCUT2D eigenvalue weighted by molar-refractivity contribution is 5.74. The predicted molar refractivity (Wildman–Crippen MR) is 100 cm³/mol. The monoisotopic (exact) mass is 341 g/mol. The van der Waals surface area contributed by atoms with E-state index in [-0.39, 0.29) is 6.03 Å². The molecule has 2 saturated heterocycles. The number of amides is 2. The number of benzene rings is 1. The van der Waals surface area contributed by atoms with E-state index in [0.717, 1.165) is 32.5 Å². The SMILES string of the molecule is O=C(NC1CCN2CCCC2C1)N(Cc1ccccc1)CC1CCC1. The summed E-state index contributed by atoms with van der Waals surface area (Å²) >= 11 is 0. The molecule has 0 aromatic heterocycles. The van der Waals surface area contributed by atoms with E-state index in [1.807, 2.05) is 6.07 Å². The summed E-state index contributed by atoms with van der Waals surface area (Å²) < 4.78 is 0. The Morgan fingerprint density at radius 3 is 2.68 bits per heavy atom. The zero-order valence-electron chi connectivity index (χ0n) is 15.2. The molecule has 1 aromatic rings. The summed E-state index contributed by atoms with van der Waals surface area (Å²) in [6.45, 7) is 4.04. The molecule has 1 saturated carbocycles. The lowest BCUT2D eigenvalue weighted by molar-refractivity contribution is 0.141. The quantitative estimate of drug-likeness (QED) is 0.888. The normalized spacial score (nSPS) is 26.7. The van der Waals surface area contributed by atoms with Crippen LogP contribution in [0.5, 0.6) is 0 Å². The van der Waals surface area contributed by atoms with E-state index in [4.69, 9.17) is 0 Å². The van der Waals surface area contributed by atoms with Crippen molar-refractivity contribution in [2.24, 2.45) is 5.92 Å². The Hall–Kier alpha value is -1.55. The molecular formula is C21H31N3O. The van der Waals surface area contributed by atoms with Crippen molar-refractivity contribution in [2.45, 2.75) is 63.6 Å². The van der Waals surface area contributed by atoms with Crippen LogP contribution in [0.15, 0.2) is 30.3 Å². The predicted octanol–water partition coefficient (Wildman–Crippen LogP) is 3.63. The van der Waals surface area contributed by atoms with E-state index < -0.39 is 0 Å². The van der Waals surface area contributed by atoms with Crippen LogP contribution in [0.4, 0.5) is 4.79 Å². The number of carbonyl (C=O) groups is 1. The van der Waals surface area contributed by atoms with Crippen LogP contribution in [0.3, 0.4) is 0 Å². The molecular weight excluding hydrogens is 310 g/mol. The van der Waals surface area contributed by atoms with Crippen molar-refractivity contribution >= 4 is 6.03 Å². The smallest absolute Gasteiger partial charge is 0.317 e. The van der Waals surface area contributed by atoms with E-state index >= 15 is 0 Å². The van der Waals surface area contributed by atoms with Gasteiger partial charge in [0.1, 0.15) is 0 Å². The number of carbonyl (C=O) groups excluding carboxylic acids is 1. The maximum atomic E-state index is 13.0. The first-order valence-corrected chi connectivity index (χ1v) is 10.1. The van der Waals surface area contributed by atoms with E-state index in [0.29, 0.717) is 18.0 Å². The number of urea groups is 1. The number of nitrogens with zero attached hydrogens (tertiary/aromatic N) is 2. The number of hydrogen-bond acceptors (Lipinski definition) is 2. The average Bonchev–Trinajstić information content (AvgIpc) is 3.05. The zero-order valence-corrected chi connectivity index (χ0v) is 15.2. The Morgan fingerprint density at radius 2 is 1.92 bits per heavy atom. The van der Waals surface area contributed by atoms with Crippen LogP contribution >= 0.6 is 0 Å². The molecule has 3 fully saturated rings. The summed E-state index contributed by atoms with van der Waals surface area (Å²) in [5.41, 5.74) is 1.22. The Bertz CT molecular complexity index is 572. The van der Waals surface area contributed by atoms with Gasteiger partial charge in [-0.2, -0.15) is 0 Å². The van der Waals surface area contributed by atoms with Crippen molar-refractivity contribution in [1.29, 1.82) is 0 Å². The molecule has 0 bridgehead atoms. The molecule has 4 rings (SSSR count). The molecule has 0 spiro atoms. The van der Waals surface area contributed by atoms with Gasteiger partial charge in [-0.1, -0.05) is 36.8 Å². The molecule has 25 heavy (non-hydrogen) atoms. The van der Waals surface area contributed by atoms with E-state index in [2.05, 4.69) is 39.4 Å². The number of rotatable bonds is 5. The average molecular weight is 341 g/mol. The largest absolute Gasteiger partial charge is 0.335 e. The molecule has 1 aliphatic carbocycles. The molecule has 4 heteroatoms. The van der Waals surface area contributed by atoms with Crippen LogP contribution in [0.25, 0.3) is 0 Å². The van der Waals surface area contributed by atoms with Crippen molar-refractivity contribution in [3.05, 3.63) is 35.9 Å². The maximum Gasteiger partial charge on any atom is 0.317 e. The van der Waals surface area contributed by atoms with Gasteiger partial charge in [-0.25, -0.2) is 4.79 Å². The van der Waals surface area contributed by atoms with Crippen LogP contribution in [-0.4, -0.2) is 47.5 Å². The third-order valence-electron chi connectivity index (χ3n) is 6.35. The Kier molecular flexibility index (Phi) is 5.25. The minimum absolute atomic E-state index is 0.146. The van der Waals surface area contributed by atoms with Gasteiger partial charge in [-0.15, -0.1) is 0 Å². The van der Waals surface area contributed by atoms with Gasteiger partial charge in [-0.05, 0) is 56.6 Å². The number of piperidine rings is 1. The number of nitrogens with one attached hydrogen (secondary N) is 1. The summed E-state index contributed by atoms with van der Waals surface area (Å²) in [6.07, 6.45) is 8.75. The fourth-order valence-corrected chi connectivity index (χ4v) is 4.63. The van der Waals surface area contributed by atoms with Crippen LogP contribution < -0.4 is 5.32 Å². The Morgan fingerprint density at radius 1 is 1.08 bits per heavy atom. The minimum atomic E-state index is 0.146. The maximum absolute atomic E-state index is 13.0. The highest BCUT2D eigenvalue weighted by Gasteiger charge is 2.33. The highest BCUT2D eigenvalue weighted by atomic mass is 16.2. The molecule has 4 nitrogen and oxygen atoms in total. The zero-order chi connectivity index (χ0) is 17.1. The van der Waals surface area contributed by atoms with Crippen LogP contribution in [-0.2, 0) is 6.54 Å². The van der Waals surface area contributed by atoms with Crippen molar-refractivity contribution in [1.82, 2.24) is 15.1 Å². The van der Waals surface area contributed by atoms with Crippen molar-refractivity contribution < 1.29 is 4.79 Å². The summed E-state index contributed by atoms with van der Waals surface area (Å²) in [6, 6.07) is 11.6. The third-order valence-corrected chi connectivity index (χ3v) is 6.35. The van der Waals surface area contributed by atoms with Gasteiger partial charge in [0, 0.05) is 31.7 Å². The lowest BCUT2D eigenvalue weighted by Gasteiger charge is -2.37. The molecule has 3 aliphatic rings. The second kappa shape index (κ2) is 7.77. The molecule has 2 unspecified atom stereocenters. The van der Waals surface area contributed by atoms with Crippen LogP contribution in [0.2, 0.25) is 0 Å². The Labute approximate surface area is 151 Å². The first-order valence-electron chi connectivity index (χ1n) is 10.1. The summed E-state index contributed by atoms with van der Waals surface area (Å²) in [7, 11) is 0. The van der Waals surface area contributed by atoms with Gasteiger partial charge >= 0.3 is 6.03 Å². The second-order valence-corrected chi connectivity index (χ2v) is 8.17. The third kappa shape index (κ3) is 4.17. The Balaban J connectivity index is 1.36. The highest BCUT2D eigenvalue weighted by Crippen LogP contribution is 2.29.